The Morgan fingerprint density at radius 1 is 1.15 bits per heavy atom. The lowest BCUT2D eigenvalue weighted by atomic mass is 9.91. The average Bonchev–Trinajstić information content (AvgIpc) is 2.47. The molecule has 0 fully saturated rings. The van der Waals surface area contributed by atoms with Crippen molar-refractivity contribution in [3.8, 4) is 0 Å². The van der Waals surface area contributed by atoms with Gasteiger partial charge in [-0.2, -0.15) is 0 Å². The standard InChI is InChI=1S/C17H20N2O/c18-15-7-4-8-16-14(15)9-10-17(20)19(16)12-11-13-5-2-1-3-6-13/h1-3,5-6,9-10,15H,4,7-8,11-12,18H2. The first-order valence-corrected chi connectivity index (χ1v) is 7.28. The summed E-state index contributed by atoms with van der Waals surface area (Å²) in [6, 6.07) is 14.0. The molecule has 1 aromatic carbocycles. The number of nitrogens with zero attached hydrogens (tertiary/aromatic N) is 1. The molecule has 0 amide bonds. The number of aromatic nitrogens is 1. The highest BCUT2D eigenvalue weighted by Gasteiger charge is 2.19. The molecule has 3 nitrogen and oxygen atoms in total. The summed E-state index contributed by atoms with van der Waals surface area (Å²) in [7, 11) is 0. The van der Waals surface area contributed by atoms with Crippen LogP contribution in [-0.4, -0.2) is 4.57 Å². The molecule has 3 rings (SSSR count). The van der Waals surface area contributed by atoms with Crippen LogP contribution in [0, 0.1) is 0 Å². The second-order valence-electron chi connectivity index (χ2n) is 5.46. The SMILES string of the molecule is NC1CCCc2c1ccc(=O)n2CCc1ccccc1. The minimum Gasteiger partial charge on any atom is -0.324 e. The first kappa shape index (κ1) is 13.1. The molecule has 1 aliphatic carbocycles. The molecule has 1 aliphatic rings. The molecule has 2 aromatic rings. The van der Waals surface area contributed by atoms with Crippen LogP contribution in [0.1, 0.15) is 35.7 Å². The van der Waals surface area contributed by atoms with Gasteiger partial charge in [-0.25, -0.2) is 0 Å². The Bertz CT molecular complexity index is 646. The van der Waals surface area contributed by atoms with Gasteiger partial charge in [0.25, 0.3) is 5.56 Å². The zero-order chi connectivity index (χ0) is 13.9. The van der Waals surface area contributed by atoms with E-state index in [2.05, 4.69) is 12.1 Å². The van der Waals surface area contributed by atoms with Gasteiger partial charge in [-0.1, -0.05) is 36.4 Å². The minimum absolute atomic E-state index is 0.0855. The number of nitrogens with two attached hydrogens (primary N) is 1. The van der Waals surface area contributed by atoms with E-state index in [1.807, 2.05) is 28.8 Å². The van der Waals surface area contributed by atoms with Crippen LogP contribution in [0.15, 0.2) is 47.3 Å². The molecule has 104 valence electrons. The zero-order valence-corrected chi connectivity index (χ0v) is 11.6. The van der Waals surface area contributed by atoms with Gasteiger partial charge < -0.3 is 10.3 Å². The molecule has 0 spiro atoms. The van der Waals surface area contributed by atoms with Crippen molar-refractivity contribution in [1.82, 2.24) is 4.57 Å². The first-order valence-electron chi connectivity index (χ1n) is 7.28. The monoisotopic (exact) mass is 268 g/mol. The number of benzene rings is 1. The van der Waals surface area contributed by atoms with Crippen LogP contribution >= 0.6 is 0 Å². The van der Waals surface area contributed by atoms with Gasteiger partial charge in [0.15, 0.2) is 0 Å². The zero-order valence-electron chi connectivity index (χ0n) is 11.6. The van der Waals surface area contributed by atoms with E-state index in [-0.39, 0.29) is 11.6 Å². The number of hydrogen-bond donors (Lipinski definition) is 1. The molecule has 0 saturated carbocycles. The fourth-order valence-electron chi connectivity index (χ4n) is 3.03. The number of hydrogen-bond acceptors (Lipinski definition) is 2. The fourth-order valence-corrected chi connectivity index (χ4v) is 3.03. The summed E-state index contributed by atoms with van der Waals surface area (Å²) in [5.74, 6) is 0. The second-order valence-corrected chi connectivity index (χ2v) is 5.46. The first-order chi connectivity index (χ1) is 9.75. The van der Waals surface area contributed by atoms with E-state index in [0.29, 0.717) is 0 Å². The Kier molecular flexibility index (Phi) is 3.70. The molecule has 20 heavy (non-hydrogen) atoms. The molecule has 3 heteroatoms. The van der Waals surface area contributed by atoms with Crippen molar-refractivity contribution in [3.63, 3.8) is 0 Å². The van der Waals surface area contributed by atoms with Gasteiger partial charge in [-0.05, 0) is 36.8 Å². The lowest BCUT2D eigenvalue weighted by molar-refractivity contribution is 0.517. The third-order valence-corrected chi connectivity index (χ3v) is 4.13. The normalized spacial score (nSPS) is 17.8. The van der Waals surface area contributed by atoms with Crippen LogP contribution < -0.4 is 11.3 Å². The van der Waals surface area contributed by atoms with Crippen molar-refractivity contribution in [1.29, 1.82) is 0 Å². The third kappa shape index (κ3) is 2.54. The van der Waals surface area contributed by atoms with Gasteiger partial charge in [0.2, 0.25) is 0 Å². The van der Waals surface area contributed by atoms with Crippen LogP contribution in [0.4, 0.5) is 0 Å². The quantitative estimate of drug-likeness (QED) is 0.929. The van der Waals surface area contributed by atoms with E-state index < -0.39 is 0 Å². The van der Waals surface area contributed by atoms with E-state index in [4.69, 9.17) is 5.73 Å². The van der Waals surface area contributed by atoms with Gasteiger partial charge in [0.05, 0.1) is 0 Å². The van der Waals surface area contributed by atoms with Crippen molar-refractivity contribution in [2.75, 3.05) is 0 Å². The number of pyridine rings is 1. The summed E-state index contributed by atoms with van der Waals surface area (Å²) in [5.41, 5.74) is 9.81. The molecule has 0 bridgehead atoms. The smallest absolute Gasteiger partial charge is 0.250 e. The molecule has 2 N–H and O–H groups in total. The predicted octanol–water partition coefficient (Wildman–Crippen LogP) is 2.43. The maximum absolute atomic E-state index is 12.1. The van der Waals surface area contributed by atoms with Crippen molar-refractivity contribution in [2.24, 2.45) is 5.73 Å². The molecule has 0 radical (unpaired) electrons. The molecular formula is C17H20N2O. The van der Waals surface area contributed by atoms with E-state index in [0.717, 1.165) is 43.5 Å². The minimum atomic E-state index is 0.0855. The maximum atomic E-state index is 12.1. The van der Waals surface area contributed by atoms with Crippen molar-refractivity contribution < 1.29 is 0 Å². The summed E-state index contributed by atoms with van der Waals surface area (Å²) in [6.45, 7) is 0.735. The fraction of sp³-hybridized carbons (Fsp3) is 0.353. The summed E-state index contributed by atoms with van der Waals surface area (Å²) >= 11 is 0. The number of rotatable bonds is 3. The highest BCUT2D eigenvalue weighted by Crippen LogP contribution is 2.26. The molecule has 0 aliphatic heterocycles. The molecule has 1 atom stereocenters. The Morgan fingerprint density at radius 2 is 1.95 bits per heavy atom. The van der Waals surface area contributed by atoms with Gasteiger partial charge in [0, 0.05) is 24.3 Å². The van der Waals surface area contributed by atoms with E-state index in [1.54, 1.807) is 6.07 Å². The molecule has 1 unspecified atom stereocenters. The van der Waals surface area contributed by atoms with Crippen LogP contribution in [-0.2, 0) is 19.4 Å². The lowest BCUT2D eigenvalue weighted by Gasteiger charge is -2.25. The van der Waals surface area contributed by atoms with Crippen LogP contribution in [0.25, 0.3) is 0 Å². The topological polar surface area (TPSA) is 48.0 Å². The maximum Gasteiger partial charge on any atom is 0.250 e. The van der Waals surface area contributed by atoms with Crippen molar-refractivity contribution in [2.45, 2.75) is 38.3 Å². The Labute approximate surface area is 119 Å². The summed E-state index contributed by atoms with van der Waals surface area (Å²) in [6.07, 6.45) is 3.94. The van der Waals surface area contributed by atoms with Gasteiger partial charge in [-0.3, -0.25) is 4.79 Å². The van der Waals surface area contributed by atoms with Gasteiger partial charge in [0.1, 0.15) is 0 Å². The lowest BCUT2D eigenvalue weighted by Crippen LogP contribution is -2.29. The van der Waals surface area contributed by atoms with Gasteiger partial charge >= 0.3 is 0 Å². The van der Waals surface area contributed by atoms with Crippen LogP contribution in [0.3, 0.4) is 0 Å². The summed E-state index contributed by atoms with van der Waals surface area (Å²) in [5, 5.41) is 0. The number of aryl methyl sites for hydroxylation is 1. The van der Waals surface area contributed by atoms with Crippen molar-refractivity contribution in [3.05, 3.63) is 69.6 Å². The van der Waals surface area contributed by atoms with Crippen molar-refractivity contribution >= 4 is 0 Å². The highest BCUT2D eigenvalue weighted by molar-refractivity contribution is 5.27. The Hall–Kier alpha value is -1.87. The highest BCUT2D eigenvalue weighted by atomic mass is 16.1. The summed E-state index contributed by atoms with van der Waals surface area (Å²) in [4.78, 5) is 12.1. The van der Waals surface area contributed by atoms with E-state index >= 15 is 0 Å². The summed E-state index contributed by atoms with van der Waals surface area (Å²) < 4.78 is 1.92. The molecular weight excluding hydrogens is 248 g/mol. The Balaban J connectivity index is 1.89. The largest absolute Gasteiger partial charge is 0.324 e. The van der Waals surface area contributed by atoms with Crippen LogP contribution in [0.5, 0.6) is 0 Å². The number of fused-ring (bicyclic) bond motifs is 1. The third-order valence-electron chi connectivity index (χ3n) is 4.13. The second kappa shape index (κ2) is 5.63. The van der Waals surface area contributed by atoms with Gasteiger partial charge in [-0.15, -0.1) is 0 Å². The van der Waals surface area contributed by atoms with E-state index in [9.17, 15) is 4.79 Å². The van der Waals surface area contributed by atoms with E-state index in [1.165, 1.54) is 5.56 Å². The predicted molar refractivity (Wildman–Crippen MR) is 80.7 cm³/mol. The Morgan fingerprint density at radius 3 is 2.75 bits per heavy atom. The molecule has 0 saturated heterocycles. The molecule has 1 heterocycles. The average molecular weight is 268 g/mol. The molecule has 1 aromatic heterocycles. The van der Waals surface area contributed by atoms with Crippen LogP contribution in [0.2, 0.25) is 0 Å².